The largest absolute Gasteiger partial charge is 0.397 e. The third-order valence-corrected chi connectivity index (χ3v) is 6.32. The molecule has 24 heavy (non-hydrogen) atoms. The Bertz CT molecular complexity index is 804. The number of nitrogens with one attached hydrogen (secondary N) is 1. The van der Waals surface area contributed by atoms with Gasteiger partial charge in [0.1, 0.15) is 4.90 Å². The van der Waals surface area contributed by atoms with Crippen LogP contribution in [-0.2, 0) is 10.0 Å². The smallest absolute Gasteiger partial charge is 0.245 e. The quantitative estimate of drug-likeness (QED) is 0.803. The third-order valence-electron chi connectivity index (χ3n) is 4.35. The van der Waals surface area contributed by atoms with Gasteiger partial charge >= 0.3 is 0 Å². The number of hydrogen-bond donors (Lipinski definition) is 2. The van der Waals surface area contributed by atoms with Crippen LogP contribution in [0.4, 0.5) is 5.69 Å². The molecule has 0 radical (unpaired) electrons. The first-order valence-electron chi connectivity index (χ1n) is 7.86. The van der Waals surface area contributed by atoms with Gasteiger partial charge in [-0.1, -0.05) is 6.07 Å². The van der Waals surface area contributed by atoms with E-state index in [0.717, 1.165) is 25.9 Å². The molecule has 3 N–H and O–H groups in total. The van der Waals surface area contributed by atoms with E-state index in [0.29, 0.717) is 11.4 Å². The lowest BCUT2D eigenvalue weighted by atomic mass is 10.1. The highest BCUT2D eigenvalue weighted by Crippen LogP contribution is 2.31. The molecular formula is C16H21N5O2S. The minimum Gasteiger partial charge on any atom is -0.397 e. The van der Waals surface area contributed by atoms with Gasteiger partial charge in [0.15, 0.2) is 5.82 Å². The van der Waals surface area contributed by atoms with Crippen LogP contribution in [0.2, 0.25) is 0 Å². The van der Waals surface area contributed by atoms with Crippen molar-refractivity contribution in [3.63, 3.8) is 0 Å². The lowest BCUT2D eigenvalue weighted by molar-refractivity contribution is 0.296. The van der Waals surface area contributed by atoms with Gasteiger partial charge in [0.05, 0.1) is 5.69 Å². The van der Waals surface area contributed by atoms with Crippen LogP contribution in [0.1, 0.15) is 12.8 Å². The Labute approximate surface area is 142 Å². The minimum absolute atomic E-state index is 0.0210. The third kappa shape index (κ3) is 3.12. The van der Waals surface area contributed by atoms with Crippen molar-refractivity contribution in [3.05, 3.63) is 36.7 Å². The van der Waals surface area contributed by atoms with E-state index in [4.69, 9.17) is 5.73 Å². The molecular weight excluding hydrogens is 326 g/mol. The molecule has 1 aliphatic rings. The Morgan fingerprint density at radius 1 is 1.17 bits per heavy atom. The van der Waals surface area contributed by atoms with E-state index in [1.807, 2.05) is 0 Å². The fourth-order valence-corrected chi connectivity index (χ4v) is 4.48. The second-order valence-electron chi connectivity index (χ2n) is 5.79. The highest BCUT2D eigenvalue weighted by Gasteiger charge is 2.31. The Morgan fingerprint density at radius 2 is 1.83 bits per heavy atom. The summed E-state index contributed by atoms with van der Waals surface area (Å²) in [5.41, 5.74) is 6.88. The normalized spacial score (nSPS) is 16.4. The van der Waals surface area contributed by atoms with Gasteiger partial charge in [0.2, 0.25) is 10.0 Å². The van der Waals surface area contributed by atoms with Crippen LogP contribution in [0.3, 0.4) is 0 Å². The first kappa shape index (κ1) is 16.8. The molecule has 1 fully saturated rings. The van der Waals surface area contributed by atoms with Crippen molar-refractivity contribution in [2.24, 2.45) is 0 Å². The number of sulfonamides is 1. The summed E-state index contributed by atoms with van der Waals surface area (Å²) in [6.07, 6.45) is 4.78. The summed E-state index contributed by atoms with van der Waals surface area (Å²) in [4.78, 5) is 8.42. The van der Waals surface area contributed by atoms with Crippen LogP contribution in [0.5, 0.6) is 0 Å². The number of anilines is 1. The van der Waals surface area contributed by atoms with Gasteiger partial charge in [0.25, 0.3) is 0 Å². The lowest BCUT2D eigenvalue weighted by Crippen LogP contribution is -2.44. The summed E-state index contributed by atoms with van der Waals surface area (Å²) < 4.78 is 27.5. The number of para-hydroxylation sites is 1. The van der Waals surface area contributed by atoms with E-state index >= 15 is 0 Å². The van der Waals surface area contributed by atoms with Crippen molar-refractivity contribution < 1.29 is 8.42 Å². The molecule has 7 nitrogen and oxygen atoms in total. The first-order valence-corrected chi connectivity index (χ1v) is 9.30. The van der Waals surface area contributed by atoms with Crippen molar-refractivity contribution in [2.45, 2.75) is 23.8 Å². The average Bonchev–Trinajstić information content (AvgIpc) is 2.62. The summed E-state index contributed by atoms with van der Waals surface area (Å²) in [6, 6.07) is 6.62. The lowest BCUT2D eigenvalue weighted by Gasteiger charge is -2.31. The molecule has 1 aliphatic heterocycles. The summed E-state index contributed by atoms with van der Waals surface area (Å²) in [7, 11) is -2.05. The number of nitrogen functional groups attached to an aromatic ring is 1. The minimum atomic E-state index is -3.67. The number of benzene rings is 1. The summed E-state index contributed by atoms with van der Waals surface area (Å²) in [5, 5.41) is 3.24. The van der Waals surface area contributed by atoms with Gasteiger partial charge in [0, 0.05) is 31.0 Å². The topological polar surface area (TPSA) is 101 Å². The van der Waals surface area contributed by atoms with E-state index in [2.05, 4.69) is 15.3 Å². The summed E-state index contributed by atoms with van der Waals surface area (Å²) in [6.45, 7) is 1.63. The van der Waals surface area contributed by atoms with Crippen LogP contribution < -0.4 is 11.1 Å². The molecule has 2 aromatic rings. The number of hydrogen-bond acceptors (Lipinski definition) is 6. The molecule has 0 bridgehead atoms. The van der Waals surface area contributed by atoms with Crippen molar-refractivity contribution in [1.29, 1.82) is 0 Å². The fraction of sp³-hybridized carbons (Fsp3) is 0.375. The predicted molar refractivity (Wildman–Crippen MR) is 92.7 cm³/mol. The van der Waals surface area contributed by atoms with E-state index in [1.165, 1.54) is 10.4 Å². The molecule has 1 aromatic heterocycles. The molecule has 8 heteroatoms. The van der Waals surface area contributed by atoms with Crippen molar-refractivity contribution in [3.8, 4) is 11.4 Å². The number of nitrogens with zero attached hydrogens (tertiary/aromatic N) is 3. The van der Waals surface area contributed by atoms with Gasteiger partial charge in [-0.15, -0.1) is 0 Å². The SMILES string of the molecule is CN(C1CCNCC1)S(=O)(=O)c1cccc(-c2ncccn2)c1N. The molecule has 0 unspecified atom stereocenters. The number of rotatable bonds is 4. The average molecular weight is 347 g/mol. The van der Waals surface area contributed by atoms with Crippen molar-refractivity contribution in [1.82, 2.24) is 19.6 Å². The van der Waals surface area contributed by atoms with Crippen LogP contribution in [0.15, 0.2) is 41.6 Å². The van der Waals surface area contributed by atoms with Gasteiger partial charge in [-0.2, -0.15) is 4.31 Å². The molecule has 0 atom stereocenters. The zero-order valence-electron chi connectivity index (χ0n) is 13.5. The first-order chi connectivity index (χ1) is 11.5. The Morgan fingerprint density at radius 3 is 2.50 bits per heavy atom. The standard InChI is InChI=1S/C16H21N5O2S/c1-21(12-6-10-18-11-7-12)24(22,23)14-5-2-4-13(15(14)17)16-19-8-3-9-20-16/h2-5,8-9,12,18H,6-7,10-11,17H2,1H3. The van der Waals surface area contributed by atoms with Gasteiger partial charge in [-0.05, 0) is 44.1 Å². The number of nitrogens with two attached hydrogens (primary N) is 1. The maximum Gasteiger partial charge on any atom is 0.245 e. The highest BCUT2D eigenvalue weighted by molar-refractivity contribution is 7.89. The molecule has 0 aliphatic carbocycles. The van der Waals surface area contributed by atoms with Crippen LogP contribution in [-0.4, -0.2) is 48.9 Å². The summed E-state index contributed by atoms with van der Waals surface area (Å²) >= 11 is 0. The molecule has 1 aromatic carbocycles. The zero-order chi connectivity index (χ0) is 17.2. The van der Waals surface area contributed by atoms with Crippen molar-refractivity contribution >= 4 is 15.7 Å². The summed E-state index contributed by atoms with van der Waals surface area (Å²) in [5.74, 6) is 0.413. The monoisotopic (exact) mass is 347 g/mol. The number of aromatic nitrogens is 2. The number of piperidine rings is 1. The highest BCUT2D eigenvalue weighted by atomic mass is 32.2. The van der Waals surface area contributed by atoms with Crippen molar-refractivity contribution in [2.75, 3.05) is 25.9 Å². The van der Waals surface area contributed by atoms with Gasteiger partial charge < -0.3 is 11.1 Å². The van der Waals surface area contributed by atoms with E-state index in [1.54, 1.807) is 37.6 Å². The second-order valence-corrected chi connectivity index (χ2v) is 7.76. The molecule has 1 saturated heterocycles. The maximum absolute atomic E-state index is 13.0. The van der Waals surface area contributed by atoms with Gasteiger partial charge in [-0.25, -0.2) is 18.4 Å². The van der Waals surface area contributed by atoms with Crippen LogP contribution in [0.25, 0.3) is 11.4 Å². The molecule has 0 spiro atoms. The molecule has 128 valence electrons. The van der Waals surface area contributed by atoms with Gasteiger partial charge in [-0.3, -0.25) is 0 Å². The zero-order valence-corrected chi connectivity index (χ0v) is 14.3. The van der Waals surface area contributed by atoms with E-state index in [-0.39, 0.29) is 16.6 Å². The Hall–Kier alpha value is -2.03. The predicted octanol–water partition coefficient (Wildman–Crippen LogP) is 1.10. The Balaban J connectivity index is 1.99. The van der Waals surface area contributed by atoms with Crippen LogP contribution in [0, 0.1) is 0 Å². The molecule has 0 saturated carbocycles. The molecule has 0 amide bonds. The maximum atomic E-state index is 13.0. The fourth-order valence-electron chi connectivity index (χ4n) is 2.92. The van der Waals surface area contributed by atoms with Crippen LogP contribution >= 0.6 is 0 Å². The molecule has 3 rings (SSSR count). The Kier molecular flexibility index (Phi) is 4.79. The molecule has 2 heterocycles. The van der Waals surface area contributed by atoms with E-state index < -0.39 is 10.0 Å². The second kappa shape index (κ2) is 6.84. The van der Waals surface area contributed by atoms with E-state index in [9.17, 15) is 8.42 Å².